The quantitative estimate of drug-likeness (QED) is 0.249. The Bertz CT molecular complexity index is 856. The number of hydrogen-bond donors (Lipinski definition) is 0. The fourth-order valence-corrected chi connectivity index (χ4v) is 4.61. The number of fused-ring (bicyclic) bond motifs is 1. The molecule has 8 heteroatoms. The molecule has 0 saturated carbocycles. The highest BCUT2D eigenvalue weighted by atomic mass is 32.2. The third-order valence-electron chi connectivity index (χ3n) is 5.36. The Morgan fingerprint density at radius 1 is 0.938 bits per heavy atom. The number of thioether (sulfide) groups is 1. The largest absolute Gasteiger partial charge is 0.494 e. The van der Waals surface area contributed by atoms with Gasteiger partial charge >= 0.3 is 12.1 Å². The minimum atomic E-state index is -5.46. The van der Waals surface area contributed by atoms with Gasteiger partial charge in [0.05, 0.1) is 13.2 Å². The molecule has 2 aromatic rings. The third-order valence-corrected chi connectivity index (χ3v) is 6.52. The molecule has 0 aliphatic carbocycles. The van der Waals surface area contributed by atoms with Crippen LogP contribution in [0.15, 0.2) is 48.5 Å². The van der Waals surface area contributed by atoms with E-state index in [4.69, 9.17) is 9.47 Å². The molecule has 1 heterocycles. The Hall–Kier alpha value is -1.96. The lowest BCUT2D eigenvalue weighted by Crippen LogP contribution is -2.36. The van der Waals surface area contributed by atoms with Crippen LogP contribution in [0.3, 0.4) is 0 Å². The molecule has 3 rings (SSSR count). The predicted molar refractivity (Wildman–Crippen MR) is 117 cm³/mol. The highest BCUT2D eigenvalue weighted by Gasteiger charge is 2.56. The van der Waals surface area contributed by atoms with Crippen molar-refractivity contribution in [1.82, 2.24) is 0 Å². The van der Waals surface area contributed by atoms with E-state index in [0.717, 1.165) is 30.8 Å². The van der Waals surface area contributed by atoms with E-state index in [1.54, 1.807) is 0 Å². The van der Waals surface area contributed by atoms with Crippen LogP contribution in [0.1, 0.15) is 49.1 Å². The molecule has 2 aromatic carbocycles. The van der Waals surface area contributed by atoms with Gasteiger partial charge in [-0.15, -0.1) is 0 Å². The standard InChI is InChI=1S/C24H27F5O2S/c25-23(26,24(27,28)29)12-6-16-32-15-4-3-13-30-19-8-5-7-18(17-19)20-11-14-31-22-10-2-1-9-21(20)22/h1-2,5,7-10,17,20H,3-4,6,11-16H2. The molecule has 1 atom stereocenters. The van der Waals surface area contributed by atoms with Crippen molar-refractivity contribution in [2.45, 2.75) is 50.1 Å². The molecule has 0 amide bonds. The van der Waals surface area contributed by atoms with Crippen molar-refractivity contribution in [3.8, 4) is 11.5 Å². The smallest absolute Gasteiger partial charge is 0.453 e. The van der Waals surface area contributed by atoms with Gasteiger partial charge in [0.2, 0.25) is 0 Å². The average Bonchev–Trinajstić information content (AvgIpc) is 2.77. The van der Waals surface area contributed by atoms with E-state index in [-0.39, 0.29) is 12.3 Å². The second kappa shape index (κ2) is 11.3. The topological polar surface area (TPSA) is 18.5 Å². The molecule has 0 N–H and O–H groups in total. The average molecular weight is 475 g/mol. The van der Waals surface area contributed by atoms with Gasteiger partial charge in [-0.2, -0.15) is 33.7 Å². The van der Waals surface area contributed by atoms with Gasteiger partial charge in [0.1, 0.15) is 11.5 Å². The van der Waals surface area contributed by atoms with E-state index in [1.165, 1.54) is 22.9 Å². The van der Waals surface area contributed by atoms with Crippen LogP contribution in [0.25, 0.3) is 0 Å². The molecule has 0 radical (unpaired) electrons. The zero-order chi connectivity index (χ0) is 23.0. The summed E-state index contributed by atoms with van der Waals surface area (Å²) in [4.78, 5) is 0. The van der Waals surface area contributed by atoms with Crippen molar-refractivity contribution in [3.63, 3.8) is 0 Å². The lowest BCUT2D eigenvalue weighted by molar-refractivity contribution is -0.284. The van der Waals surface area contributed by atoms with Gasteiger partial charge in [-0.1, -0.05) is 30.3 Å². The Kier molecular flexibility index (Phi) is 8.68. The number of rotatable bonds is 11. The van der Waals surface area contributed by atoms with Gasteiger partial charge in [0, 0.05) is 17.9 Å². The maximum absolute atomic E-state index is 12.8. The van der Waals surface area contributed by atoms with Gasteiger partial charge in [0.15, 0.2) is 0 Å². The summed E-state index contributed by atoms with van der Waals surface area (Å²) in [6.07, 6.45) is -4.26. The van der Waals surface area contributed by atoms with Crippen LogP contribution in [-0.2, 0) is 0 Å². The Labute approximate surface area is 189 Å². The molecule has 32 heavy (non-hydrogen) atoms. The summed E-state index contributed by atoms with van der Waals surface area (Å²) >= 11 is 1.40. The number of alkyl halides is 5. The molecule has 0 spiro atoms. The molecule has 176 valence electrons. The van der Waals surface area contributed by atoms with Crippen LogP contribution >= 0.6 is 11.8 Å². The zero-order valence-corrected chi connectivity index (χ0v) is 18.5. The fourth-order valence-electron chi connectivity index (χ4n) is 3.65. The highest BCUT2D eigenvalue weighted by molar-refractivity contribution is 7.99. The normalized spacial score (nSPS) is 16.3. The molecule has 1 aliphatic rings. The number of hydrogen-bond acceptors (Lipinski definition) is 3. The lowest BCUT2D eigenvalue weighted by Gasteiger charge is -2.26. The summed E-state index contributed by atoms with van der Waals surface area (Å²) in [6.45, 7) is 1.21. The lowest BCUT2D eigenvalue weighted by atomic mass is 9.87. The molecule has 0 aromatic heterocycles. The molecule has 1 aliphatic heterocycles. The highest BCUT2D eigenvalue weighted by Crippen LogP contribution is 2.40. The van der Waals surface area contributed by atoms with Gasteiger partial charge < -0.3 is 9.47 Å². The molecular weight excluding hydrogens is 447 g/mol. The van der Waals surface area contributed by atoms with Gasteiger partial charge in [-0.25, -0.2) is 0 Å². The maximum Gasteiger partial charge on any atom is 0.453 e. The number of ether oxygens (including phenoxy) is 2. The Morgan fingerprint density at radius 3 is 2.53 bits per heavy atom. The van der Waals surface area contributed by atoms with Crippen LogP contribution < -0.4 is 9.47 Å². The first kappa shape index (κ1) is 24.7. The minimum absolute atomic E-state index is 0.157. The second-order valence-electron chi connectivity index (χ2n) is 7.77. The summed E-state index contributed by atoms with van der Waals surface area (Å²) in [7, 11) is 0. The number of unbranched alkanes of at least 4 members (excludes halogenated alkanes) is 1. The number of halogens is 5. The SMILES string of the molecule is FC(F)(F)C(F)(F)CCCSCCCCOc1cccc(C2CCOc3ccccc32)c1. The monoisotopic (exact) mass is 474 g/mol. The molecule has 2 nitrogen and oxygen atoms in total. The first-order valence-electron chi connectivity index (χ1n) is 10.7. The van der Waals surface area contributed by atoms with E-state index in [1.807, 2.05) is 30.3 Å². The van der Waals surface area contributed by atoms with Crippen molar-refractivity contribution in [2.24, 2.45) is 0 Å². The number of benzene rings is 2. The second-order valence-corrected chi connectivity index (χ2v) is 9.00. The van der Waals surface area contributed by atoms with E-state index in [2.05, 4.69) is 18.2 Å². The van der Waals surface area contributed by atoms with Gasteiger partial charge in [-0.05, 0) is 61.0 Å². The van der Waals surface area contributed by atoms with Gasteiger partial charge in [-0.3, -0.25) is 0 Å². The molecule has 0 saturated heterocycles. The van der Waals surface area contributed by atoms with Gasteiger partial charge in [0.25, 0.3) is 0 Å². The summed E-state index contributed by atoms with van der Waals surface area (Å²) < 4.78 is 73.6. The van der Waals surface area contributed by atoms with E-state index in [0.29, 0.717) is 24.7 Å². The van der Waals surface area contributed by atoms with Crippen molar-refractivity contribution in [2.75, 3.05) is 24.7 Å². The van der Waals surface area contributed by atoms with Crippen molar-refractivity contribution >= 4 is 11.8 Å². The maximum atomic E-state index is 12.8. The van der Waals surface area contributed by atoms with Crippen molar-refractivity contribution in [3.05, 3.63) is 59.7 Å². The third kappa shape index (κ3) is 6.77. The van der Waals surface area contributed by atoms with E-state index >= 15 is 0 Å². The molecular formula is C24H27F5O2S. The first-order valence-corrected chi connectivity index (χ1v) is 11.9. The molecule has 0 bridgehead atoms. The van der Waals surface area contributed by atoms with E-state index < -0.39 is 18.5 Å². The van der Waals surface area contributed by atoms with Crippen LogP contribution in [-0.4, -0.2) is 36.8 Å². The first-order chi connectivity index (χ1) is 15.3. The molecule has 1 unspecified atom stereocenters. The van der Waals surface area contributed by atoms with Crippen LogP contribution in [0.2, 0.25) is 0 Å². The van der Waals surface area contributed by atoms with Crippen LogP contribution in [0, 0.1) is 0 Å². The Balaban J connectivity index is 1.35. The van der Waals surface area contributed by atoms with E-state index in [9.17, 15) is 22.0 Å². The van der Waals surface area contributed by atoms with Crippen LogP contribution in [0.4, 0.5) is 22.0 Å². The summed E-state index contributed by atoms with van der Waals surface area (Å²) in [5.74, 6) is -1.60. The van der Waals surface area contributed by atoms with Crippen molar-refractivity contribution in [1.29, 1.82) is 0 Å². The zero-order valence-electron chi connectivity index (χ0n) is 17.7. The van der Waals surface area contributed by atoms with Crippen LogP contribution in [0.5, 0.6) is 11.5 Å². The van der Waals surface area contributed by atoms with Crippen molar-refractivity contribution < 1.29 is 31.4 Å². The summed E-state index contributed by atoms with van der Waals surface area (Å²) in [5, 5.41) is 0. The predicted octanol–water partition coefficient (Wildman–Crippen LogP) is 7.47. The minimum Gasteiger partial charge on any atom is -0.494 e. The molecule has 0 fully saturated rings. The number of para-hydroxylation sites is 1. The fraction of sp³-hybridized carbons (Fsp3) is 0.500. The summed E-state index contributed by atoms with van der Waals surface area (Å²) in [6, 6.07) is 16.1. The summed E-state index contributed by atoms with van der Waals surface area (Å²) in [5.41, 5.74) is 2.37. The Morgan fingerprint density at radius 2 is 1.72 bits per heavy atom.